The van der Waals surface area contributed by atoms with Crippen LogP contribution in [0.2, 0.25) is 0 Å². The summed E-state index contributed by atoms with van der Waals surface area (Å²) in [6, 6.07) is 0. The molecule has 0 radical (unpaired) electrons. The minimum Gasteiger partial charge on any atom is -0.256 e. The van der Waals surface area contributed by atoms with Gasteiger partial charge in [-0.05, 0) is 0 Å². The summed E-state index contributed by atoms with van der Waals surface area (Å²) >= 11 is 0. The first kappa shape index (κ1) is 9.50. The van der Waals surface area contributed by atoms with Crippen LogP contribution in [0, 0.1) is 0 Å². The molecular formula is C2H4N4O6S. The second kappa shape index (κ2) is 3.04. The van der Waals surface area contributed by atoms with Crippen LogP contribution in [0.4, 0.5) is 9.59 Å². The van der Waals surface area contributed by atoms with Gasteiger partial charge in [-0.15, -0.1) is 0 Å². The Kier molecular flexibility index (Phi) is 2.22. The molecule has 1 fully saturated rings. The lowest BCUT2D eigenvalue weighted by molar-refractivity contribution is -0.182. The van der Waals surface area contributed by atoms with Crippen LogP contribution in [-0.4, -0.2) is 25.0 Å². The van der Waals surface area contributed by atoms with Crippen molar-refractivity contribution in [1.29, 1.82) is 0 Å². The van der Waals surface area contributed by atoms with E-state index in [1.54, 1.807) is 4.83 Å². The molecule has 1 rings (SSSR count). The average Bonchev–Trinajstić information content (AvgIpc) is 2.70. The molecule has 0 atom stereocenters. The first-order valence-corrected chi connectivity index (χ1v) is 4.13. The van der Waals surface area contributed by atoms with Crippen LogP contribution in [0.3, 0.4) is 0 Å². The average molecular weight is 212 g/mol. The molecule has 1 heterocycles. The maximum absolute atomic E-state index is 10.6. The van der Waals surface area contributed by atoms with Crippen molar-refractivity contribution in [2.24, 2.45) is 5.84 Å². The zero-order valence-electron chi connectivity index (χ0n) is 5.88. The van der Waals surface area contributed by atoms with E-state index in [1.165, 1.54) is 5.43 Å². The highest BCUT2D eigenvalue weighted by Crippen LogP contribution is 2.11. The summed E-state index contributed by atoms with van der Waals surface area (Å²) in [5.41, 5.74) is 1.47. The van der Waals surface area contributed by atoms with Gasteiger partial charge in [-0.25, -0.2) is 25.2 Å². The highest BCUT2D eigenvalue weighted by atomic mass is 32.2. The normalized spacial score (nSPS) is 17.5. The minimum atomic E-state index is -3.75. The van der Waals surface area contributed by atoms with Crippen molar-refractivity contribution < 1.29 is 27.8 Å². The summed E-state index contributed by atoms with van der Waals surface area (Å²) in [6.45, 7) is 0. The lowest BCUT2D eigenvalue weighted by Gasteiger charge is -1.98. The molecule has 2 amide bonds. The molecule has 0 unspecified atom stereocenters. The standard InChI is InChI=1S/C2H4N4O6S/c3-4-1(7)11-12-2(8)6-5-13(6,9)10/h5H,3H2,(H,4,7). The Morgan fingerprint density at radius 3 is 2.31 bits per heavy atom. The number of hydrazine groups is 2. The Morgan fingerprint density at radius 2 is 1.92 bits per heavy atom. The topological polar surface area (TPSA) is 150 Å². The number of amides is 2. The molecule has 1 aliphatic rings. The number of rotatable bonds is 0. The van der Waals surface area contributed by atoms with E-state index in [4.69, 9.17) is 0 Å². The molecule has 0 saturated carbocycles. The quantitative estimate of drug-likeness (QED) is 0.134. The molecule has 0 bridgehead atoms. The maximum Gasteiger partial charge on any atom is 0.483 e. The lowest BCUT2D eigenvalue weighted by atomic mass is 11.2. The molecule has 0 aromatic rings. The van der Waals surface area contributed by atoms with E-state index in [9.17, 15) is 18.0 Å². The Morgan fingerprint density at radius 1 is 1.38 bits per heavy atom. The number of hydrogen-bond donors (Lipinski definition) is 3. The predicted molar refractivity (Wildman–Crippen MR) is 34.2 cm³/mol. The van der Waals surface area contributed by atoms with E-state index in [2.05, 4.69) is 15.6 Å². The number of carbonyl (C=O) groups excluding carboxylic acids is 2. The molecule has 0 aliphatic carbocycles. The van der Waals surface area contributed by atoms with E-state index >= 15 is 0 Å². The molecule has 1 aliphatic heterocycles. The second-order valence-corrected chi connectivity index (χ2v) is 3.22. The van der Waals surface area contributed by atoms with E-state index in [0.717, 1.165) is 0 Å². The molecule has 10 nitrogen and oxygen atoms in total. The van der Waals surface area contributed by atoms with Gasteiger partial charge in [0, 0.05) is 0 Å². The highest BCUT2D eigenvalue weighted by molar-refractivity contribution is 7.93. The fourth-order valence-corrected chi connectivity index (χ4v) is 1.01. The number of carbonyl (C=O) groups is 2. The summed E-state index contributed by atoms with van der Waals surface area (Å²) in [6.07, 6.45) is -2.64. The van der Waals surface area contributed by atoms with Crippen molar-refractivity contribution in [3.63, 3.8) is 0 Å². The Hall–Kier alpha value is -1.59. The Balaban J connectivity index is 2.32. The lowest BCUT2D eigenvalue weighted by Crippen LogP contribution is -2.32. The molecule has 11 heteroatoms. The summed E-state index contributed by atoms with van der Waals surface area (Å²) in [7, 11) is -3.75. The highest BCUT2D eigenvalue weighted by Gasteiger charge is 2.47. The van der Waals surface area contributed by atoms with Crippen molar-refractivity contribution in [2.45, 2.75) is 0 Å². The molecule has 0 aromatic carbocycles. The van der Waals surface area contributed by atoms with Gasteiger partial charge < -0.3 is 0 Å². The predicted octanol–water partition coefficient (Wildman–Crippen LogP) is -2.30. The van der Waals surface area contributed by atoms with Crippen molar-refractivity contribution >= 4 is 22.4 Å². The van der Waals surface area contributed by atoms with E-state index in [1.807, 2.05) is 0 Å². The Bertz CT molecular complexity index is 335. The van der Waals surface area contributed by atoms with Gasteiger partial charge in [0.2, 0.25) is 0 Å². The van der Waals surface area contributed by atoms with E-state index in [-0.39, 0.29) is 4.41 Å². The maximum atomic E-state index is 10.6. The molecule has 74 valence electrons. The summed E-state index contributed by atoms with van der Waals surface area (Å²) in [4.78, 5) is 29.8. The fraction of sp³-hybridized carbons (Fsp3) is 0. The number of nitrogens with one attached hydrogen (secondary N) is 2. The van der Waals surface area contributed by atoms with Crippen molar-refractivity contribution in [2.75, 3.05) is 0 Å². The smallest absolute Gasteiger partial charge is 0.256 e. The largest absolute Gasteiger partial charge is 0.483 e. The number of nitrogens with zero attached hydrogens (tertiary/aromatic N) is 1. The molecular weight excluding hydrogens is 208 g/mol. The summed E-state index contributed by atoms with van der Waals surface area (Å²) in [5.74, 6) is 4.54. The fourth-order valence-electron chi connectivity index (χ4n) is 0.355. The van der Waals surface area contributed by atoms with Crippen LogP contribution < -0.4 is 16.1 Å². The third kappa shape index (κ3) is 2.17. The van der Waals surface area contributed by atoms with E-state index in [0.29, 0.717) is 0 Å². The van der Waals surface area contributed by atoms with Gasteiger partial charge in [0.05, 0.1) is 0 Å². The van der Waals surface area contributed by atoms with Gasteiger partial charge in [-0.2, -0.15) is 8.42 Å². The first-order valence-electron chi connectivity index (χ1n) is 2.69. The summed E-state index contributed by atoms with van der Waals surface area (Å²) < 4.78 is 20.8. The first-order chi connectivity index (χ1) is 5.97. The van der Waals surface area contributed by atoms with Crippen molar-refractivity contribution in [3.8, 4) is 0 Å². The monoisotopic (exact) mass is 212 g/mol. The third-order valence-corrected chi connectivity index (χ3v) is 1.84. The number of hydrogen-bond acceptors (Lipinski definition) is 7. The van der Waals surface area contributed by atoms with Crippen LogP contribution in [0.1, 0.15) is 0 Å². The molecule has 4 N–H and O–H groups in total. The van der Waals surface area contributed by atoms with Gasteiger partial charge in [-0.3, -0.25) is 5.43 Å². The number of nitrogens with two attached hydrogens (primary N) is 1. The molecule has 0 spiro atoms. The van der Waals surface area contributed by atoms with Crippen molar-refractivity contribution in [3.05, 3.63) is 0 Å². The molecule has 0 aromatic heterocycles. The molecule has 13 heavy (non-hydrogen) atoms. The van der Waals surface area contributed by atoms with Crippen molar-refractivity contribution in [1.82, 2.24) is 14.7 Å². The zero-order chi connectivity index (χ0) is 10.1. The second-order valence-electron chi connectivity index (χ2n) is 1.73. The van der Waals surface area contributed by atoms with Crippen LogP contribution in [0.25, 0.3) is 0 Å². The van der Waals surface area contributed by atoms with Crippen LogP contribution in [0.5, 0.6) is 0 Å². The third-order valence-electron chi connectivity index (χ3n) is 0.878. The Labute approximate surface area is 71.6 Å². The SMILES string of the molecule is NNC(=O)OOC(=O)N1NS1(=O)=O. The summed E-state index contributed by atoms with van der Waals surface area (Å²) in [5, 5.41) is 0. The zero-order valence-corrected chi connectivity index (χ0v) is 6.70. The van der Waals surface area contributed by atoms with Gasteiger partial charge in [0.25, 0.3) is 0 Å². The van der Waals surface area contributed by atoms with Gasteiger partial charge in [0.15, 0.2) is 0 Å². The van der Waals surface area contributed by atoms with Crippen LogP contribution >= 0.6 is 0 Å². The van der Waals surface area contributed by atoms with Gasteiger partial charge >= 0.3 is 22.4 Å². The van der Waals surface area contributed by atoms with E-state index < -0.39 is 22.4 Å². The molecule has 1 saturated heterocycles. The van der Waals surface area contributed by atoms with Crippen LogP contribution in [-0.2, 0) is 20.0 Å². The van der Waals surface area contributed by atoms with Gasteiger partial charge in [-0.1, -0.05) is 9.25 Å². The van der Waals surface area contributed by atoms with Crippen LogP contribution in [0.15, 0.2) is 0 Å². The minimum absolute atomic E-state index is 0.122. The van der Waals surface area contributed by atoms with Gasteiger partial charge in [0.1, 0.15) is 0 Å².